The molecule has 1 atom stereocenters. The van der Waals surface area contributed by atoms with Crippen LogP contribution >= 0.6 is 15.9 Å². The summed E-state index contributed by atoms with van der Waals surface area (Å²) in [5.41, 5.74) is 0. The molecule has 1 aromatic rings. The van der Waals surface area contributed by atoms with Crippen LogP contribution in [0, 0.1) is 0 Å². The van der Waals surface area contributed by atoms with Crippen LogP contribution < -0.4 is 14.2 Å². The van der Waals surface area contributed by atoms with Crippen LogP contribution in [0.4, 0.5) is 0 Å². The lowest BCUT2D eigenvalue weighted by atomic mass is 10.3. The van der Waals surface area contributed by atoms with Gasteiger partial charge in [-0.05, 0) is 35.3 Å². The Kier molecular flexibility index (Phi) is 5.64. The van der Waals surface area contributed by atoms with Crippen LogP contribution in [0.25, 0.3) is 0 Å². The van der Waals surface area contributed by atoms with Crippen LogP contribution in [-0.2, 0) is 10.0 Å². The quantitative estimate of drug-likeness (QED) is 0.855. The molecule has 1 N–H and O–H groups in total. The first-order valence-electron chi connectivity index (χ1n) is 5.79. The number of methoxy groups -OCH3 is 2. The van der Waals surface area contributed by atoms with Gasteiger partial charge in [-0.3, -0.25) is 0 Å². The zero-order chi connectivity index (χ0) is 14.6. The molecule has 5 nitrogen and oxygen atoms in total. The lowest BCUT2D eigenvalue weighted by Crippen LogP contribution is -2.32. The molecule has 0 unspecified atom stereocenters. The Morgan fingerprint density at radius 1 is 1.26 bits per heavy atom. The number of ether oxygens (including phenoxy) is 2. The Labute approximate surface area is 122 Å². The molecule has 0 amide bonds. The van der Waals surface area contributed by atoms with Crippen LogP contribution in [-0.4, -0.2) is 28.7 Å². The maximum Gasteiger partial charge on any atom is 0.244 e. The van der Waals surface area contributed by atoms with E-state index in [1.54, 1.807) is 13.0 Å². The summed E-state index contributed by atoms with van der Waals surface area (Å²) >= 11 is 3.29. The largest absolute Gasteiger partial charge is 0.496 e. The SMILES string of the molecule is CC[C@H](C)NS(=O)(=O)c1cc(OC)c(Br)cc1OC. The lowest BCUT2D eigenvalue weighted by Gasteiger charge is -2.16. The fraction of sp³-hybridized carbons (Fsp3) is 0.500. The standard InChI is InChI=1S/C12H18BrNO4S/c1-5-8(2)14-19(15,16)12-7-10(17-3)9(13)6-11(12)18-4/h6-8,14H,5H2,1-4H3/t8-/m0/s1. The molecule has 7 heteroatoms. The number of nitrogens with one attached hydrogen (secondary N) is 1. The highest BCUT2D eigenvalue weighted by atomic mass is 79.9. The van der Waals surface area contributed by atoms with Gasteiger partial charge in [-0.1, -0.05) is 6.92 Å². The van der Waals surface area contributed by atoms with E-state index in [1.165, 1.54) is 20.3 Å². The summed E-state index contributed by atoms with van der Waals surface area (Å²) in [4.78, 5) is 0.0651. The number of hydrogen-bond acceptors (Lipinski definition) is 4. The highest BCUT2D eigenvalue weighted by Gasteiger charge is 2.23. The van der Waals surface area contributed by atoms with Gasteiger partial charge in [0.05, 0.1) is 18.7 Å². The summed E-state index contributed by atoms with van der Waals surface area (Å²) < 4.78 is 38.1. The van der Waals surface area contributed by atoms with E-state index in [4.69, 9.17) is 9.47 Å². The predicted molar refractivity (Wildman–Crippen MR) is 77.3 cm³/mol. The Bertz CT molecular complexity index is 545. The van der Waals surface area contributed by atoms with E-state index in [0.29, 0.717) is 16.6 Å². The van der Waals surface area contributed by atoms with Crippen LogP contribution in [0.2, 0.25) is 0 Å². The first-order valence-corrected chi connectivity index (χ1v) is 8.07. The Morgan fingerprint density at radius 2 is 1.84 bits per heavy atom. The van der Waals surface area contributed by atoms with E-state index in [0.717, 1.165) is 0 Å². The third-order valence-electron chi connectivity index (χ3n) is 2.70. The molecule has 0 aliphatic carbocycles. The van der Waals surface area contributed by atoms with Crippen molar-refractivity contribution in [3.63, 3.8) is 0 Å². The van der Waals surface area contributed by atoms with Gasteiger partial charge in [-0.25, -0.2) is 13.1 Å². The van der Waals surface area contributed by atoms with Gasteiger partial charge in [0.25, 0.3) is 0 Å². The smallest absolute Gasteiger partial charge is 0.244 e. The maximum atomic E-state index is 12.3. The minimum atomic E-state index is -3.64. The normalized spacial score (nSPS) is 13.1. The van der Waals surface area contributed by atoms with E-state index >= 15 is 0 Å². The third-order valence-corrected chi connectivity index (χ3v) is 4.93. The molecular formula is C12H18BrNO4S. The molecule has 0 saturated heterocycles. The summed E-state index contributed by atoms with van der Waals surface area (Å²) in [6.07, 6.45) is 0.704. The molecule has 0 aliphatic heterocycles. The molecule has 0 radical (unpaired) electrons. The highest BCUT2D eigenvalue weighted by Crippen LogP contribution is 2.35. The predicted octanol–water partition coefficient (Wildman–Crippen LogP) is 2.54. The zero-order valence-electron chi connectivity index (χ0n) is 11.4. The zero-order valence-corrected chi connectivity index (χ0v) is 13.8. The van der Waals surface area contributed by atoms with Gasteiger partial charge < -0.3 is 9.47 Å². The van der Waals surface area contributed by atoms with E-state index in [-0.39, 0.29) is 16.7 Å². The first kappa shape index (κ1) is 16.3. The Hall–Kier alpha value is -0.790. The monoisotopic (exact) mass is 351 g/mol. The van der Waals surface area contributed by atoms with Crippen LogP contribution in [0.1, 0.15) is 20.3 Å². The number of hydrogen-bond donors (Lipinski definition) is 1. The molecule has 0 saturated carbocycles. The van der Waals surface area contributed by atoms with Crippen molar-refractivity contribution in [2.75, 3.05) is 14.2 Å². The van der Waals surface area contributed by atoms with Crippen molar-refractivity contribution in [1.29, 1.82) is 0 Å². The number of halogens is 1. The number of rotatable bonds is 6. The molecule has 0 aromatic heterocycles. The van der Waals surface area contributed by atoms with Gasteiger partial charge >= 0.3 is 0 Å². The molecular weight excluding hydrogens is 334 g/mol. The summed E-state index contributed by atoms with van der Waals surface area (Å²) in [6, 6.07) is 2.86. The van der Waals surface area contributed by atoms with Gasteiger partial charge in [0.1, 0.15) is 16.4 Å². The van der Waals surface area contributed by atoms with Gasteiger partial charge in [-0.15, -0.1) is 0 Å². The topological polar surface area (TPSA) is 64.6 Å². The molecule has 108 valence electrons. The van der Waals surface area contributed by atoms with E-state index in [9.17, 15) is 8.42 Å². The summed E-state index contributed by atoms with van der Waals surface area (Å²) in [6.45, 7) is 3.71. The maximum absolute atomic E-state index is 12.3. The van der Waals surface area contributed by atoms with Gasteiger partial charge in [0.2, 0.25) is 10.0 Å². The second-order valence-corrected chi connectivity index (χ2v) is 6.60. The van der Waals surface area contributed by atoms with Crippen LogP contribution in [0.5, 0.6) is 11.5 Å². The second kappa shape index (κ2) is 6.58. The molecule has 0 heterocycles. The fourth-order valence-electron chi connectivity index (χ4n) is 1.45. The van der Waals surface area contributed by atoms with Crippen molar-refractivity contribution in [2.24, 2.45) is 0 Å². The number of benzene rings is 1. The average molecular weight is 352 g/mol. The molecule has 0 aliphatic rings. The molecule has 0 fully saturated rings. The molecule has 19 heavy (non-hydrogen) atoms. The van der Waals surface area contributed by atoms with Crippen molar-refractivity contribution >= 4 is 26.0 Å². The number of sulfonamides is 1. The van der Waals surface area contributed by atoms with Crippen LogP contribution in [0.3, 0.4) is 0 Å². The van der Waals surface area contributed by atoms with Crippen molar-refractivity contribution < 1.29 is 17.9 Å². The Morgan fingerprint density at radius 3 is 2.32 bits per heavy atom. The first-order chi connectivity index (χ1) is 8.85. The third kappa shape index (κ3) is 3.84. The van der Waals surface area contributed by atoms with Crippen molar-refractivity contribution in [1.82, 2.24) is 4.72 Å². The van der Waals surface area contributed by atoms with Gasteiger partial charge in [0.15, 0.2) is 0 Å². The van der Waals surface area contributed by atoms with Gasteiger partial charge in [0, 0.05) is 12.1 Å². The summed E-state index contributed by atoms with van der Waals surface area (Å²) in [5, 5.41) is 0. The molecule has 1 rings (SSSR count). The average Bonchev–Trinajstić information content (AvgIpc) is 2.37. The molecule has 0 bridgehead atoms. The second-order valence-electron chi connectivity index (χ2n) is 4.07. The van der Waals surface area contributed by atoms with E-state index in [2.05, 4.69) is 20.7 Å². The van der Waals surface area contributed by atoms with Gasteiger partial charge in [-0.2, -0.15) is 0 Å². The van der Waals surface area contributed by atoms with Crippen molar-refractivity contribution in [3.8, 4) is 11.5 Å². The van der Waals surface area contributed by atoms with E-state index < -0.39 is 10.0 Å². The van der Waals surface area contributed by atoms with Crippen molar-refractivity contribution in [3.05, 3.63) is 16.6 Å². The van der Waals surface area contributed by atoms with Crippen LogP contribution in [0.15, 0.2) is 21.5 Å². The summed E-state index contributed by atoms with van der Waals surface area (Å²) in [5.74, 6) is 0.703. The fourth-order valence-corrected chi connectivity index (χ4v) is 3.43. The Balaban J connectivity index is 3.32. The minimum absolute atomic E-state index is 0.0651. The summed E-state index contributed by atoms with van der Waals surface area (Å²) in [7, 11) is -0.735. The lowest BCUT2D eigenvalue weighted by molar-refractivity contribution is 0.389. The highest BCUT2D eigenvalue weighted by molar-refractivity contribution is 9.10. The van der Waals surface area contributed by atoms with E-state index in [1.807, 2.05) is 6.92 Å². The molecule has 1 aromatic carbocycles. The molecule has 0 spiro atoms. The van der Waals surface area contributed by atoms with Crippen molar-refractivity contribution in [2.45, 2.75) is 31.2 Å². The minimum Gasteiger partial charge on any atom is -0.496 e.